The first kappa shape index (κ1) is 12.0. The van der Waals surface area contributed by atoms with E-state index in [1.165, 1.54) is 25.8 Å². The van der Waals surface area contributed by atoms with Gasteiger partial charge in [0.05, 0.1) is 6.61 Å². The molecule has 1 aliphatic heterocycles. The predicted molar refractivity (Wildman–Crippen MR) is 59.6 cm³/mol. The van der Waals surface area contributed by atoms with Crippen molar-refractivity contribution in [1.29, 1.82) is 0 Å². The SMILES string of the molecule is CCOCC(C)NCC1CCCCN1. The quantitative estimate of drug-likeness (QED) is 0.674. The predicted octanol–water partition coefficient (Wildman–Crippen LogP) is 1.14. The molecule has 1 heterocycles. The standard InChI is InChI=1S/C11H24N2O/c1-3-14-9-10(2)13-8-11-6-4-5-7-12-11/h10-13H,3-9H2,1-2H3. The molecule has 1 saturated heterocycles. The molecule has 2 atom stereocenters. The summed E-state index contributed by atoms with van der Waals surface area (Å²) in [6.07, 6.45) is 4.03. The van der Waals surface area contributed by atoms with Crippen LogP contribution in [0.15, 0.2) is 0 Å². The highest BCUT2D eigenvalue weighted by Crippen LogP contribution is 2.05. The van der Waals surface area contributed by atoms with Gasteiger partial charge in [-0.15, -0.1) is 0 Å². The Morgan fingerprint density at radius 3 is 3.00 bits per heavy atom. The normalized spacial score (nSPS) is 24.9. The molecule has 2 N–H and O–H groups in total. The van der Waals surface area contributed by atoms with Crippen molar-refractivity contribution < 1.29 is 4.74 Å². The first-order chi connectivity index (χ1) is 6.83. The molecule has 0 bridgehead atoms. The number of ether oxygens (including phenoxy) is 1. The minimum absolute atomic E-state index is 0.471. The highest BCUT2D eigenvalue weighted by Gasteiger charge is 2.12. The van der Waals surface area contributed by atoms with Crippen LogP contribution in [0.4, 0.5) is 0 Å². The Labute approximate surface area is 87.6 Å². The summed E-state index contributed by atoms with van der Waals surface area (Å²) in [4.78, 5) is 0. The van der Waals surface area contributed by atoms with Crippen molar-refractivity contribution in [2.45, 2.75) is 45.2 Å². The van der Waals surface area contributed by atoms with Gasteiger partial charge in [-0.1, -0.05) is 6.42 Å². The van der Waals surface area contributed by atoms with E-state index in [1.54, 1.807) is 0 Å². The van der Waals surface area contributed by atoms with Crippen molar-refractivity contribution in [1.82, 2.24) is 10.6 Å². The second-order valence-electron chi connectivity index (χ2n) is 4.12. The first-order valence-electron chi connectivity index (χ1n) is 5.87. The summed E-state index contributed by atoms with van der Waals surface area (Å²) in [6, 6.07) is 1.14. The maximum Gasteiger partial charge on any atom is 0.0616 e. The zero-order valence-corrected chi connectivity index (χ0v) is 9.51. The van der Waals surface area contributed by atoms with E-state index in [0.717, 1.165) is 19.8 Å². The maximum absolute atomic E-state index is 5.35. The van der Waals surface area contributed by atoms with Crippen molar-refractivity contribution in [3.8, 4) is 0 Å². The smallest absolute Gasteiger partial charge is 0.0616 e. The van der Waals surface area contributed by atoms with E-state index in [-0.39, 0.29) is 0 Å². The van der Waals surface area contributed by atoms with Crippen LogP contribution in [-0.4, -0.2) is 38.4 Å². The average Bonchev–Trinajstić information content (AvgIpc) is 2.25. The highest BCUT2D eigenvalue weighted by molar-refractivity contribution is 4.75. The summed E-state index contributed by atoms with van der Waals surface area (Å²) in [5.41, 5.74) is 0. The fraction of sp³-hybridized carbons (Fsp3) is 1.00. The van der Waals surface area contributed by atoms with E-state index in [9.17, 15) is 0 Å². The fourth-order valence-electron chi connectivity index (χ4n) is 1.80. The molecular weight excluding hydrogens is 176 g/mol. The lowest BCUT2D eigenvalue weighted by atomic mass is 10.1. The number of piperidine rings is 1. The van der Waals surface area contributed by atoms with Gasteiger partial charge in [-0.25, -0.2) is 0 Å². The van der Waals surface area contributed by atoms with Gasteiger partial charge in [0.2, 0.25) is 0 Å². The van der Waals surface area contributed by atoms with Crippen molar-refractivity contribution in [3.63, 3.8) is 0 Å². The molecule has 0 aromatic heterocycles. The van der Waals surface area contributed by atoms with E-state index in [2.05, 4.69) is 17.6 Å². The Hall–Kier alpha value is -0.120. The molecule has 0 radical (unpaired) electrons. The summed E-state index contributed by atoms with van der Waals surface area (Å²) >= 11 is 0. The molecule has 0 spiro atoms. The van der Waals surface area contributed by atoms with Crippen molar-refractivity contribution in [2.75, 3.05) is 26.3 Å². The topological polar surface area (TPSA) is 33.3 Å². The number of hydrogen-bond acceptors (Lipinski definition) is 3. The molecule has 1 aliphatic rings. The Kier molecular flexibility index (Phi) is 6.15. The lowest BCUT2D eigenvalue weighted by Gasteiger charge is -2.25. The van der Waals surface area contributed by atoms with Gasteiger partial charge in [-0.2, -0.15) is 0 Å². The monoisotopic (exact) mass is 200 g/mol. The first-order valence-corrected chi connectivity index (χ1v) is 5.87. The molecule has 1 rings (SSSR count). The van der Waals surface area contributed by atoms with Gasteiger partial charge in [-0.3, -0.25) is 0 Å². The second kappa shape index (κ2) is 7.21. The maximum atomic E-state index is 5.35. The van der Waals surface area contributed by atoms with E-state index >= 15 is 0 Å². The molecule has 0 aromatic rings. The van der Waals surface area contributed by atoms with Crippen LogP contribution >= 0.6 is 0 Å². The van der Waals surface area contributed by atoms with E-state index in [4.69, 9.17) is 4.74 Å². The van der Waals surface area contributed by atoms with Crippen LogP contribution in [0.3, 0.4) is 0 Å². The molecule has 0 aromatic carbocycles. The van der Waals surface area contributed by atoms with Crippen LogP contribution in [0, 0.1) is 0 Å². The van der Waals surface area contributed by atoms with Crippen LogP contribution < -0.4 is 10.6 Å². The lowest BCUT2D eigenvalue weighted by Crippen LogP contribution is -2.45. The summed E-state index contributed by atoms with van der Waals surface area (Å²) in [5.74, 6) is 0. The van der Waals surface area contributed by atoms with Crippen molar-refractivity contribution in [2.24, 2.45) is 0 Å². The van der Waals surface area contributed by atoms with Gasteiger partial charge in [-0.05, 0) is 33.2 Å². The van der Waals surface area contributed by atoms with Crippen LogP contribution in [0.25, 0.3) is 0 Å². The van der Waals surface area contributed by atoms with Gasteiger partial charge in [0.25, 0.3) is 0 Å². The molecule has 3 heteroatoms. The Morgan fingerprint density at radius 1 is 1.50 bits per heavy atom. The number of hydrogen-bond donors (Lipinski definition) is 2. The summed E-state index contributed by atoms with van der Waals surface area (Å²) in [6.45, 7) is 8.12. The minimum atomic E-state index is 0.471. The third-order valence-electron chi connectivity index (χ3n) is 2.70. The zero-order valence-electron chi connectivity index (χ0n) is 9.51. The summed E-state index contributed by atoms with van der Waals surface area (Å²) in [5, 5.41) is 7.03. The van der Waals surface area contributed by atoms with Crippen LogP contribution in [0.5, 0.6) is 0 Å². The Balaban J connectivity index is 2.00. The molecule has 14 heavy (non-hydrogen) atoms. The molecule has 0 amide bonds. The van der Waals surface area contributed by atoms with Gasteiger partial charge in [0.15, 0.2) is 0 Å². The average molecular weight is 200 g/mol. The molecular formula is C11H24N2O. The van der Waals surface area contributed by atoms with Crippen LogP contribution in [0.1, 0.15) is 33.1 Å². The molecule has 3 nitrogen and oxygen atoms in total. The third-order valence-corrected chi connectivity index (χ3v) is 2.70. The number of nitrogens with one attached hydrogen (secondary N) is 2. The summed E-state index contributed by atoms with van der Waals surface area (Å²) in [7, 11) is 0. The zero-order chi connectivity index (χ0) is 10.2. The van der Waals surface area contributed by atoms with E-state index in [0.29, 0.717) is 12.1 Å². The fourth-order valence-corrected chi connectivity index (χ4v) is 1.80. The van der Waals surface area contributed by atoms with Crippen molar-refractivity contribution >= 4 is 0 Å². The molecule has 1 fully saturated rings. The van der Waals surface area contributed by atoms with Gasteiger partial charge in [0.1, 0.15) is 0 Å². The second-order valence-corrected chi connectivity index (χ2v) is 4.12. The van der Waals surface area contributed by atoms with Crippen LogP contribution in [0.2, 0.25) is 0 Å². The van der Waals surface area contributed by atoms with Gasteiger partial charge >= 0.3 is 0 Å². The lowest BCUT2D eigenvalue weighted by molar-refractivity contribution is 0.126. The van der Waals surface area contributed by atoms with E-state index in [1.807, 2.05) is 6.92 Å². The van der Waals surface area contributed by atoms with Crippen LogP contribution in [-0.2, 0) is 4.74 Å². The molecule has 0 saturated carbocycles. The molecule has 84 valence electrons. The largest absolute Gasteiger partial charge is 0.380 e. The van der Waals surface area contributed by atoms with Crippen molar-refractivity contribution in [3.05, 3.63) is 0 Å². The number of rotatable bonds is 6. The minimum Gasteiger partial charge on any atom is -0.380 e. The Bertz CT molecular complexity index is 135. The van der Waals surface area contributed by atoms with E-state index < -0.39 is 0 Å². The highest BCUT2D eigenvalue weighted by atomic mass is 16.5. The third kappa shape index (κ3) is 4.94. The van der Waals surface area contributed by atoms with Gasteiger partial charge in [0, 0.05) is 25.2 Å². The molecule has 2 unspecified atom stereocenters. The summed E-state index contributed by atoms with van der Waals surface area (Å²) < 4.78 is 5.35. The van der Waals surface area contributed by atoms with Gasteiger partial charge < -0.3 is 15.4 Å². The Morgan fingerprint density at radius 2 is 2.36 bits per heavy atom. The molecule has 0 aliphatic carbocycles.